The number of anilines is 1. The fraction of sp³-hybridized carbons (Fsp3) is 0.600. The van der Waals surface area contributed by atoms with Crippen LogP contribution < -0.4 is 11.1 Å². The number of nitrogens with zero attached hydrogens (tertiary/aromatic N) is 1. The summed E-state index contributed by atoms with van der Waals surface area (Å²) in [6.45, 7) is 0.497. The van der Waals surface area contributed by atoms with E-state index in [4.69, 9.17) is 10.5 Å². The molecule has 4 N–H and O–H groups in total. The third-order valence-electron chi connectivity index (χ3n) is 5.49. The molecule has 2 amide bonds. The van der Waals surface area contributed by atoms with E-state index in [0.29, 0.717) is 25.4 Å². The Morgan fingerprint density at radius 2 is 1.96 bits per heavy atom. The molecule has 148 valence electrons. The third-order valence-corrected chi connectivity index (χ3v) is 5.49. The van der Waals surface area contributed by atoms with Crippen LogP contribution in [0.5, 0.6) is 0 Å². The van der Waals surface area contributed by atoms with Gasteiger partial charge in [0.25, 0.3) is 0 Å². The van der Waals surface area contributed by atoms with E-state index in [9.17, 15) is 14.7 Å². The van der Waals surface area contributed by atoms with Crippen molar-refractivity contribution < 1.29 is 19.4 Å². The summed E-state index contributed by atoms with van der Waals surface area (Å²) in [4.78, 5) is 25.8. The molecule has 1 aliphatic heterocycles. The lowest BCUT2D eigenvalue weighted by molar-refractivity contribution is -0.160. The van der Waals surface area contributed by atoms with Crippen molar-refractivity contribution in [1.82, 2.24) is 4.90 Å². The number of amides is 2. The van der Waals surface area contributed by atoms with Gasteiger partial charge in [-0.1, -0.05) is 25.0 Å². The van der Waals surface area contributed by atoms with Gasteiger partial charge in [0.2, 0.25) is 11.8 Å². The van der Waals surface area contributed by atoms with Gasteiger partial charge in [-0.2, -0.15) is 0 Å². The molecule has 1 heterocycles. The van der Waals surface area contributed by atoms with Gasteiger partial charge in [-0.3, -0.25) is 9.59 Å². The number of carbonyl (C=O) groups is 2. The van der Waals surface area contributed by atoms with Crippen LogP contribution in [0, 0.1) is 5.92 Å². The van der Waals surface area contributed by atoms with E-state index in [1.54, 1.807) is 4.90 Å². The maximum absolute atomic E-state index is 12.2. The molecule has 2 aliphatic rings. The van der Waals surface area contributed by atoms with E-state index in [1.807, 2.05) is 24.3 Å². The standard InChI is InChI=1S/C20H29N3O4/c21-9-10-23-17(12-24)20(27-13-19(23)26)15-5-7-16(8-6-15)22-18(25)11-14-3-1-2-4-14/h5-8,14,17,20,24H,1-4,9-13,21H2,(H,22,25). The number of aliphatic hydroxyl groups is 1. The fourth-order valence-electron chi connectivity index (χ4n) is 4.09. The average molecular weight is 375 g/mol. The van der Waals surface area contributed by atoms with E-state index in [-0.39, 0.29) is 25.0 Å². The van der Waals surface area contributed by atoms with Crippen molar-refractivity contribution >= 4 is 17.5 Å². The molecule has 7 nitrogen and oxygen atoms in total. The van der Waals surface area contributed by atoms with E-state index >= 15 is 0 Å². The van der Waals surface area contributed by atoms with Gasteiger partial charge < -0.3 is 25.8 Å². The SMILES string of the molecule is NCCN1C(=O)COC(c2ccc(NC(=O)CC3CCCC3)cc2)C1CO. The van der Waals surface area contributed by atoms with Gasteiger partial charge in [0, 0.05) is 25.2 Å². The molecule has 7 heteroatoms. The molecule has 2 fully saturated rings. The highest BCUT2D eigenvalue weighted by Crippen LogP contribution is 2.30. The Hall–Kier alpha value is -1.96. The fourth-order valence-corrected chi connectivity index (χ4v) is 4.09. The number of nitrogens with one attached hydrogen (secondary N) is 1. The topological polar surface area (TPSA) is 105 Å². The summed E-state index contributed by atoms with van der Waals surface area (Å²) in [5.74, 6) is 0.402. The zero-order valence-corrected chi connectivity index (χ0v) is 15.6. The molecular formula is C20H29N3O4. The van der Waals surface area contributed by atoms with Gasteiger partial charge in [-0.15, -0.1) is 0 Å². The van der Waals surface area contributed by atoms with Crippen LogP contribution in [0.3, 0.4) is 0 Å². The smallest absolute Gasteiger partial charge is 0.249 e. The first-order chi connectivity index (χ1) is 13.1. The lowest BCUT2D eigenvalue weighted by Crippen LogP contribution is -2.54. The highest BCUT2D eigenvalue weighted by Gasteiger charge is 2.36. The summed E-state index contributed by atoms with van der Waals surface area (Å²) < 4.78 is 5.69. The normalized spacial score (nSPS) is 23.6. The summed E-state index contributed by atoms with van der Waals surface area (Å²) >= 11 is 0. The highest BCUT2D eigenvalue weighted by molar-refractivity contribution is 5.90. The molecule has 0 bridgehead atoms. The second kappa shape index (κ2) is 9.30. The maximum Gasteiger partial charge on any atom is 0.249 e. The second-order valence-corrected chi connectivity index (χ2v) is 7.38. The number of benzene rings is 1. The minimum atomic E-state index is -0.461. The molecule has 1 aromatic rings. The van der Waals surface area contributed by atoms with Gasteiger partial charge in [0.05, 0.1) is 12.6 Å². The first-order valence-corrected chi connectivity index (χ1v) is 9.74. The van der Waals surface area contributed by atoms with Crippen LogP contribution in [0.25, 0.3) is 0 Å². The molecule has 1 saturated carbocycles. The summed E-state index contributed by atoms with van der Waals surface area (Å²) in [6, 6.07) is 6.95. The van der Waals surface area contributed by atoms with E-state index in [0.717, 1.165) is 24.1 Å². The minimum absolute atomic E-state index is 0.0267. The molecule has 2 unspecified atom stereocenters. The largest absolute Gasteiger partial charge is 0.394 e. The maximum atomic E-state index is 12.2. The Bertz CT molecular complexity index is 643. The summed E-state index contributed by atoms with van der Waals surface area (Å²) in [5.41, 5.74) is 7.19. The zero-order valence-electron chi connectivity index (χ0n) is 15.6. The molecule has 0 aromatic heterocycles. The summed E-state index contributed by atoms with van der Waals surface area (Å²) in [7, 11) is 0. The molecule has 1 aromatic carbocycles. The van der Waals surface area contributed by atoms with Gasteiger partial charge in [0.15, 0.2) is 0 Å². The number of ether oxygens (including phenoxy) is 1. The van der Waals surface area contributed by atoms with Crippen LogP contribution in [0.4, 0.5) is 5.69 Å². The van der Waals surface area contributed by atoms with Crippen molar-refractivity contribution in [2.75, 3.05) is 31.6 Å². The molecule has 1 aliphatic carbocycles. The number of nitrogens with two attached hydrogens (primary N) is 1. The molecular weight excluding hydrogens is 346 g/mol. The summed E-state index contributed by atoms with van der Waals surface area (Å²) in [5, 5.41) is 12.7. The van der Waals surface area contributed by atoms with Crippen molar-refractivity contribution in [3.8, 4) is 0 Å². The molecule has 0 radical (unpaired) electrons. The molecule has 3 rings (SSSR count). The quantitative estimate of drug-likeness (QED) is 0.669. The Kier molecular flexibility index (Phi) is 6.82. The third kappa shape index (κ3) is 4.86. The van der Waals surface area contributed by atoms with Crippen LogP contribution in [-0.4, -0.2) is 54.2 Å². The van der Waals surface area contributed by atoms with E-state index in [1.165, 1.54) is 12.8 Å². The van der Waals surface area contributed by atoms with E-state index in [2.05, 4.69) is 5.32 Å². The first-order valence-electron chi connectivity index (χ1n) is 9.74. The molecule has 27 heavy (non-hydrogen) atoms. The number of rotatable bonds is 7. The molecule has 1 saturated heterocycles. The van der Waals surface area contributed by atoms with Crippen molar-refractivity contribution in [2.24, 2.45) is 11.7 Å². The monoisotopic (exact) mass is 375 g/mol. The Labute approximate surface area is 159 Å². The minimum Gasteiger partial charge on any atom is -0.394 e. The number of morpholine rings is 1. The zero-order chi connectivity index (χ0) is 19.2. The van der Waals surface area contributed by atoms with Crippen LogP contribution >= 0.6 is 0 Å². The Balaban J connectivity index is 1.63. The number of hydrogen-bond donors (Lipinski definition) is 3. The van der Waals surface area contributed by atoms with Crippen molar-refractivity contribution in [2.45, 2.75) is 44.2 Å². The molecule has 2 atom stereocenters. The predicted molar refractivity (Wildman–Crippen MR) is 102 cm³/mol. The summed E-state index contributed by atoms with van der Waals surface area (Å²) in [6.07, 6.45) is 4.91. The lowest BCUT2D eigenvalue weighted by Gasteiger charge is -2.40. The number of hydrogen-bond acceptors (Lipinski definition) is 5. The van der Waals surface area contributed by atoms with Crippen LogP contribution in [-0.2, 0) is 14.3 Å². The van der Waals surface area contributed by atoms with Crippen LogP contribution in [0.15, 0.2) is 24.3 Å². The van der Waals surface area contributed by atoms with Gasteiger partial charge in [-0.05, 0) is 36.5 Å². The van der Waals surface area contributed by atoms with Gasteiger partial charge in [0.1, 0.15) is 12.7 Å². The average Bonchev–Trinajstić information content (AvgIpc) is 3.17. The van der Waals surface area contributed by atoms with Crippen LogP contribution in [0.2, 0.25) is 0 Å². The van der Waals surface area contributed by atoms with Crippen molar-refractivity contribution in [1.29, 1.82) is 0 Å². The number of aliphatic hydroxyl groups excluding tert-OH is 1. The predicted octanol–water partition coefficient (Wildman–Crippen LogP) is 1.42. The number of carbonyl (C=O) groups excluding carboxylic acids is 2. The lowest BCUT2D eigenvalue weighted by atomic mass is 9.99. The molecule has 0 spiro atoms. The van der Waals surface area contributed by atoms with Crippen molar-refractivity contribution in [3.05, 3.63) is 29.8 Å². The highest BCUT2D eigenvalue weighted by atomic mass is 16.5. The van der Waals surface area contributed by atoms with Gasteiger partial charge >= 0.3 is 0 Å². The van der Waals surface area contributed by atoms with Gasteiger partial charge in [-0.25, -0.2) is 0 Å². The van der Waals surface area contributed by atoms with Crippen molar-refractivity contribution in [3.63, 3.8) is 0 Å². The first kappa shape index (κ1) is 19.8. The Morgan fingerprint density at radius 3 is 2.59 bits per heavy atom. The van der Waals surface area contributed by atoms with E-state index < -0.39 is 12.1 Å². The Morgan fingerprint density at radius 1 is 1.26 bits per heavy atom. The second-order valence-electron chi connectivity index (χ2n) is 7.38. The van der Waals surface area contributed by atoms with Crippen LogP contribution in [0.1, 0.15) is 43.8 Å².